The van der Waals surface area contributed by atoms with Gasteiger partial charge in [0.05, 0.1) is 12.1 Å². The van der Waals surface area contributed by atoms with Gasteiger partial charge in [0.15, 0.2) is 5.81 Å². The van der Waals surface area contributed by atoms with E-state index in [1.807, 2.05) is 49.4 Å². The number of hydrogen-bond acceptors (Lipinski definition) is 4. The Hall–Kier alpha value is -1.99. The van der Waals surface area contributed by atoms with E-state index < -0.39 is 18.0 Å². The molecule has 2 aromatic carbocycles. The first-order valence-corrected chi connectivity index (χ1v) is 13.4. The first-order valence-electron chi connectivity index (χ1n) is 12.4. The van der Waals surface area contributed by atoms with Gasteiger partial charge in [-0.2, -0.15) is 0 Å². The smallest absolute Gasteiger partial charge is 0.243 e. The van der Waals surface area contributed by atoms with E-state index in [4.69, 9.17) is 7.85 Å². The first kappa shape index (κ1) is 26.6. The van der Waals surface area contributed by atoms with Gasteiger partial charge in [-0.3, -0.25) is 9.59 Å². The summed E-state index contributed by atoms with van der Waals surface area (Å²) >= 11 is 1.51. The molecule has 0 aliphatic heterocycles. The molecule has 2 amide bonds. The van der Waals surface area contributed by atoms with Gasteiger partial charge in [0.1, 0.15) is 6.04 Å². The van der Waals surface area contributed by atoms with Crippen LogP contribution < -0.4 is 10.6 Å². The van der Waals surface area contributed by atoms with Crippen LogP contribution >= 0.6 is 11.8 Å². The highest BCUT2D eigenvalue weighted by atomic mass is 32.2. The molecule has 1 aliphatic carbocycles. The Bertz CT molecular complexity index is 973. The summed E-state index contributed by atoms with van der Waals surface area (Å²) in [5, 5.41) is 18.7. The lowest BCUT2D eigenvalue weighted by Crippen LogP contribution is -2.53. The quantitative estimate of drug-likeness (QED) is 0.324. The minimum atomic E-state index is -0.794. The van der Waals surface area contributed by atoms with Crippen molar-refractivity contribution in [3.05, 3.63) is 42.5 Å². The van der Waals surface area contributed by atoms with Crippen LogP contribution in [0.4, 0.5) is 4.79 Å². The number of nitrogens with one attached hydrogen (secondary N) is 2. The van der Waals surface area contributed by atoms with Crippen LogP contribution in [0.25, 0.3) is 10.8 Å². The minimum Gasteiger partial charge on any atom is -0.391 e. The molecule has 0 heterocycles. The second kappa shape index (κ2) is 12.6. The van der Waals surface area contributed by atoms with Gasteiger partial charge in [-0.05, 0) is 60.3 Å². The fourth-order valence-electron chi connectivity index (χ4n) is 5.16. The molecule has 5 nitrogen and oxygen atoms in total. The summed E-state index contributed by atoms with van der Waals surface area (Å²) in [5.41, 5.74) is 0. The van der Waals surface area contributed by atoms with Crippen LogP contribution in [0.3, 0.4) is 0 Å². The molecule has 34 heavy (non-hydrogen) atoms. The predicted molar refractivity (Wildman–Crippen MR) is 143 cm³/mol. The number of fused-ring (bicyclic) bond motifs is 1. The van der Waals surface area contributed by atoms with Crippen molar-refractivity contribution in [2.24, 2.45) is 17.8 Å². The minimum absolute atomic E-state index is 0. The molecule has 0 spiro atoms. The highest BCUT2D eigenvalue weighted by Crippen LogP contribution is 2.36. The third-order valence-corrected chi connectivity index (χ3v) is 8.34. The van der Waals surface area contributed by atoms with Gasteiger partial charge in [-0.15, -0.1) is 11.8 Å². The molecule has 0 aromatic heterocycles. The number of carbonyl (C=O) groups is 2. The Kier molecular flexibility index (Phi) is 9.90. The zero-order valence-electron chi connectivity index (χ0n) is 20.5. The molecule has 184 valence electrons. The second-order valence-electron chi connectivity index (χ2n) is 9.83. The molecule has 6 atom stereocenters. The number of amides is 2. The van der Waals surface area contributed by atoms with Crippen LogP contribution in [-0.2, 0) is 4.79 Å². The lowest BCUT2D eigenvalue weighted by Gasteiger charge is -2.35. The maximum absolute atomic E-state index is 13.1. The van der Waals surface area contributed by atoms with Gasteiger partial charge in [0, 0.05) is 12.1 Å². The van der Waals surface area contributed by atoms with E-state index >= 15 is 0 Å². The SMILES string of the molecule is [B]C(=O)N[C@H](CSc1cccc2ccccc12)C(=O)N[C@@H](CC)[C@H](O)CC1CCC(C)CC1C.[HH]. The summed E-state index contributed by atoms with van der Waals surface area (Å²) in [7, 11) is 5.38. The van der Waals surface area contributed by atoms with Gasteiger partial charge in [0.2, 0.25) is 13.8 Å². The van der Waals surface area contributed by atoms with Crippen molar-refractivity contribution < 1.29 is 16.1 Å². The largest absolute Gasteiger partial charge is 0.391 e. The normalized spacial score (nSPS) is 23.1. The number of benzene rings is 2. The molecule has 1 aliphatic rings. The molecular formula is C27H39BN2O3S. The van der Waals surface area contributed by atoms with Crippen LogP contribution in [-0.4, -0.2) is 48.6 Å². The molecule has 7 heteroatoms. The van der Waals surface area contributed by atoms with E-state index in [1.165, 1.54) is 24.6 Å². The number of rotatable bonds is 10. The van der Waals surface area contributed by atoms with Crippen molar-refractivity contribution in [2.45, 2.75) is 76.0 Å². The van der Waals surface area contributed by atoms with E-state index in [0.29, 0.717) is 30.4 Å². The second-order valence-corrected chi connectivity index (χ2v) is 10.9. The van der Waals surface area contributed by atoms with Gasteiger partial charge < -0.3 is 15.7 Å². The molecule has 1 saturated carbocycles. The third kappa shape index (κ3) is 7.26. The number of hydrogen-bond donors (Lipinski definition) is 3. The zero-order chi connectivity index (χ0) is 24.7. The Morgan fingerprint density at radius 1 is 1.15 bits per heavy atom. The van der Waals surface area contributed by atoms with Crippen LogP contribution in [0.15, 0.2) is 47.4 Å². The average Bonchev–Trinajstić information content (AvgIpc) is 2.81. The molecule has 0 saturated heterocycles. The lowest BCUT2D eigenvalue weighted by atomic mass is 9.73. The maximum atomic E-state index is 13.1. The van der Waals surface area contributed by atoms with Gasteiger partial charge in [-0.25, -0.2) is 0 Å². The van der Waals surface area contributed by atoms with Crippen LogP contribution in [0.1, 0.15) is 54.3 Å². The number of carbonyl (C=O) groups excluding carboxylic acids is 2. The van der Waals surface area contributed by atoms with Crippen molar-refractivity contribution >= 4 is 42.1 Å². The molecular weight excluding hydrogens is 443 g/mol. The first-order chi connectivity index (χ1) is 16.3. The average molecular weight is 482 g/mol. The van der Waals surface area contributed by atoms with Crippen LogP contribution in [0, 0.1) is 17.8 Å². The Balaban J connectivity index is 0.00000432. The van der Waals surface area contributed by atoms with Gasteiger partial charge in [0.25, 0.3) is 0 Å². The zero-order valence-corrected chi connectivity index (χ0v) is 21.3. The Labute approximate surface area is 210 Å². The van der Waals surface area contributed by atoms with E-state index in [0.717, 1.165) is 28.0 Å². The summed E-state index contributed by atoms with van der Waals surface area (Å²) in [4.78, 5) is 25.8. The summed E-state index contributed by atoms with van der Waals surface area (Å²) in [6.45, 7) is 6.52. The number of aliphatic hydroxyl groups is 1. The fraction of sp³-hybridized carbons (Fsp3) is 0.556. The molecule has 2 radical (unpaired) electrons. The summed E-state index contributed by atoms with van der Waals surface area (Å²) in [5.74, 6) is 1.07. The van der Waals surface area contributed by atoms with E-state index in [9.17, 15) is 14.7 Å². The Morgan fingerprint density at radius 2 is 1.88 bits per heavy atom. The van der Waals surface area contributed by atoms with Crippen LogP contribution in [0.5, 0.6) is 0 Å². The monoisotopic (exact) mass is 482 g/mol. The standard InChI is InChI=1S/C27H37BN2O3S.H2/c1-4-22(24(31)15-20-13-12-17(2)14-18(20)3)29-26(32)23(30-27(28)33)16-34-25-11-7-9-19-8-5-6-10-21(19)25;/h5-11,17-18,20,22-24,31H,4,12-16H2,1-3H3,(H,29,32)(H,30,33);1H/t17?,18?,20?,22-,23+,24+;/m0./s1. The summed E-state index contributed by atoms with van der Waals surface area (Å²) in [6, 6.07) is 13.0. The molecule has 3 unspecified atom stereocenters. The number of aliphatic hydroxyl groups excluding tert-OH is 1. The van der Waals surface area contributed by atoms with Crippen LogP contribution in [0.2, 0.25) is 0 Å². The van der Waals surface area contributed by atoms with Crippen molar-refractivity contribution in [1.29, 1.82) is 0 Å². The van der Waals surface area contributed by atoms with E-state index in [2.05, 4.69) is 24.5 Å². The van der Waals surface area contributed by atoms with Crippen molar-refractivity contribution in [2.75, 3.05) is 5.75 Å². The molecule has 0 bridgehead atoms. The molecule has 3 rings (SSSR count). The highest BCUT2D eigenvalue weighted by molar-refractivity contribution is 7.99. The number of thioether (sulfide) groups is 1. The van der Waals surface area contributed by atoms with Gasteiger partial charge in [-0.1, -0.05) is 63.6 Å². The predicted octanol–water partition coefficient (Wildman–Crippen LogP) is 5.14. The van der Waals surface area contributed by atoms with E-state index in [1.54, 1.807) is 0 Å². The van der Waals surface area contributed by atoms with Crippen molar-refractivity contribution in [3.63, 3.8) is 0 Å². The summed E-state index contributed by atoms with van der Waals surface area (Å²) < 4.78 is 0. The summed E-state index contributed by atoms with van der Waals surface area (Å²) in [6.07, 6.45) is 4.19. The highest BCUT2D eigenvalue weighted by Gasteiger charge is 2.31. The van der Waals surface area contributed by atoms with Gasteiger partial charge >= 0.3 is 0 Å². The molecule has 3 N–H and O–H groups in total. The molecule has 1 fully saturated rings. The third-order valence-electron chi connectivity index (χ3n) is 7.17. The molecule has 2 aromatic rings. The fourth-order valence-corrected chi connectivity index (χ4v) is 6.25. The van der Waals surface area contributed by atoms with Crippen molar-refractivity contribution in [1.82, 2.24) is 10.6 Å². The Morgan fingerprint density at radius 3 is 2.59 bits per heavy atom. The lowest BCUT2D eigenvalue weighted by molar-refractivity contribution is -0.124. The van der Waals surface area contributed by atoms with E-state index in [-0.39, 0.29) is 13.4 Å². The topological polar surface area (TPSA) is 78.4 Å². The van der Waals surface area contributed by atoms with Crippen molar-refractivity contribution in [3.8, 4) is 0 Å². The maximum Gasteiger partial charge on any atom is 0.243 e.